The van der Waals surface area contributed by atoms with Gasteiger partial charge in [-0.25, -0.2) is 0 Å². The fraction of sp³-hybridized carbons (Fsp3) is 0.143. The van der Waals surface area contributed by atoms with Crippen molar-refractivity contribution >= 4 is 15.9 Å². The summed E-state index contributed by atoms with van der Waals surface area (Å²) in [6, 6.07) is 0. The van der Waals surface area contributed by atoms with E-state index in [4.69, 9.17) is 0 Å². The maximum Gasteiger partial charge on any atom is 0.417 e. The van der Waals surface area contributed by atoms with Gasteiger partial charge in [0.1, 0.15) is 0 Å². The lowest BCUT2D eigenvalue weighted by molar-refractivity contribution is -0.0884. The standard InChI is InChI=1S/C7H6BrF3/c1-3-4-6(5(2)8)7(9,10)11/h3-4H,1-2H2/b6-4+. The van der Waals surface area contributed by atoms with Crippen LogP contribution in [0.3, 0.4) is 0 Å². The van der Waals surface area contributed by atoms with Gasteiger partial charge < -0.3 is 0 Å². The number of allylic oxidation sites excluding steroid dienone is 4. The summed E-state index contributed by atoms with van der Waals surface area (Å²) in [5.74, 6) is 0. The molecule has 0 aliphatic rings. The smallest absolute Gasteiger partial charge is 0.166 e. The zero-order chi connectivity index (χ0) is 9.07. The van der Waals surface area contributed by atoms with Crippen molar-refractivity contribution in [1.29, 1.82) is 0 Å². The Morgan fingerprint density at radius 3 is 1.91 bits per heavy atom. The van der Waals surface area contributed by atoms with E-state index in [1.54, 1.807) is 0 Å². The lowest BCUT2D eigenvalue weighted by Crippen LogP contribution is -2.11. The molecular formula is C7H6BrF3. The lowest BCUT2D eigenvalue weighted by Gasteiger charge is -2.08. The number of rotatable bonds is 2. The van der Waals surface area contributed by atoms with Gasteiger partial charge in [0.2, 0.25) is 0 Å². The molecule has 0 atom stereocenters. The third-order valence-electron chi connectivity index (χ3n) is 0.882. The Bertz CT molecular complexity index is 200. The third kappa shape index (κ3) is 3.41. The molecule has 0 nitrogen and oxygen atoms in total. The fourth-order valence-electron chi connectivity index (χ4n) is 0.457. The highest BCUT2D eigenvalue weighted by Gasteiger charge is 2.33. The topological polar surface area (TPSA) is 0 Å². The van der Waals surface area contributed by atoms with Crippen LogP contribution in [0.2, 0.25) is 0 Å². The first-order valence-electron chi connectivity index (χ1n) is 2.64. The molecule has 0 saturated heterocycles. The van der Waals surface area contributed by atoms with E-state index < -0.39 is 11.7 Å². The van der Waals surface area contributed by atoms with E-state index in [1.165, 1.54) is 0 Å². The summed E-state index contributed by atoms with van der Waals surface area (Å²) in [5.41, 5.74) is -0.812. The maximum atomic E-state index is 12.0. The van der Waals surface area contributed by atoms with Gasteiger partial charge in [0, 0.05) is 4.48 Å². The van der Waals surface area contributed by atoms with Gasteiger partial charge >= 0.3 is 6.18 Å². The maximum absolute atomic E-state index is 12.0. The normalized spacial score (nSPS) is 12.9. The Morgan fingerprint density at radius 2 is 1.82 bits per heavy atom. The molecule has 0 saturated carbocycles. The van der Waals surface area contributed by atoms with E-state index in [-0.39, 0.29) is 4.48 Å². The summed E-state index contributed by atoms with van der Waals surface area (Å²) >= 11 is 2.65. The minimum absolute atomic E-state index is 0.190. The summed E-state index contributed by atoms with van der Waals surface area (Å²) in [6.07, 6.45) is -2.44. The van der Waals surface area contributed by atoms with E-state index in [0.717, 1.165) is 12.2 Å². The largest absolute Gasteiger partial charge is 0.417 e. The van der Waals surface area contributed by atoms with Crippen molar-refractivity contribution in [3.8, 4) is 0 Å². The van der Waals surface area contributed by atoms with Gasteiger partial charge in [0.05, 0.1) is 5.57 Å². The molecule has 0 amide bonds. The molecule has 0 aromatic carbocycles. The monoisotopic (exact) mass is 226 g/mol. The Balaban J connectivity index is 4.77. The molecule has 0 N–H and O–H groups in total. The molecule has 0 aliphatic heterocycles. The zero-order valence-electron chi connectivity index (χ0n) is 5.58. The van der Waals surface area contributed by atoms with Crippen LogP contribution in [0.5, 0.6) is 0 Å². The van der Waals surface area contributed by atoms with Crippen LogP contribution in [0.1, 0.15) is 0 Å². The molecule has 0 aromatic heterocycles. The fourth-order valence-corrected chi connectivity index (χ4v) is 0.814. The SMILES string of the molecule is C=C/C=C(\C(=C)Br)C(F)(F)F. The molecule has 0 unspecified atom stereocenters. The van der Waals surface area contributed by atoms with E-state index in [1.807, 2.05) is 0 Å². The molecule has 0 aliphatic carbocycles. The van der Waals surface area contributed by atoms with Gasteiger partial charge in [-0.3, -0.25) is 0 Å². The predicted molar refractivity (Wildman–Crippen MR) is 42.4 cm³/mol. The first-order valence-corrected chi connectivity index (χ1v) is 3.43. The molecule has 0 radical (unpaired) electrons. The summed E-state index contributed by atoms with van der Waals surface area (Å²) in [7, 11) is 0. The predicted octanol–water partition coefficient (Wildman–Crippen LogP) is 3.57. The van der Waals surface area contributed by atoms with E-state index in [0.29, 0.717) is 0 Å². The Morgan fingerprint density at radius 1 is 1.36 bits per heavy atom. The van der Waals surface area contributed by atoms with Crippen LogP contribution in [0.4, 0.5) is 13.2 Å². The first-order chi connectivity index (χ1) is 4.89. The van der Waals surface area contributed by atoms with Crippen LogP contribution in [0, 0.1) is 0 Å². The van der Waals surface area contributed by atoms with Crippen LogP contribution in [-0.4, -0.2) is 6.18 Å². The summed E-state index contributed by atoms with van der Waals surface area (Å²) < 4.78 is 35.7. The zero-order valence-corrected chi connectivity index (χ0v) is 7.17. The van der Waals surface area contributed by atoms with Gasteiger partial charge in [-0.15, -0.1) is 0 Å². The van der Waals surface area contributed by atoms with Crippen LogP contribution in [-0.2, 0) is 0 Å². The van der Waals surface area contributed by atoms with E-state index in [9.17, 15) is 13.2 Å². The summed E-state index contributed by atoms with van der Waals surface area (Å²) in [4.78, 5) is 0. The van der Waals surface area contributed by atoms with Crippen molar-refractivity contribution < 1.29 is 13.2 Å². The molecule has 4 heteroatoms. The van der Waals surface area contributed by atoms with Crippen molar-refractivity contribution in [3.63, 3.8) is 0 Å². The molecule has 0 heterocycles. The number of alkyl halides is 3. The average molecular weight is 227 g/mol. The molecule has 62 valence electrons. The molecule has 0 bridgehead atoms. The molecule has 11 heavy (non-hydrogen) atoms. The number of hydrogen-bond donors (Lipinski definition) is 0. The van der Waals surface area contributed by atoms with Crippen molar-refractivity contribution in [2.75, 3.05) is 0 Å². The molecule has 0 rings (SSSR count). The van der Waals surface area contributed by atoms with Gasteiger partial charge in [0.25, 0.3) is 0 Å². The van der Waals surface area contributed by atoms with Crippen molar-refractivity contribution in [2.24, 2.45) is 0 Å². The second-order valence-corrected chi connectivity index (χ2v) is 2.68. The third-order valence-corrected chi connectivity index (χ3v) is 1.31. The Kier molecular flexibility index (Phi) is 3.58. The Labute approximate surface area is 71.2 Å². The highest BCUT2D eigenvalue weighted by atomic mass is 79.9. The van der Waals surface area contributed by atoms with Crippen molar-refractivity contribution in [1.82, 2.24) is 0 Å². The molecule has 0 fully saturated rings. The quantitative estimate of drug-likeness (QED) is 0.632. The minimum Gasteiger partial charge on any atom is -0.166 e. The highest BCUT2D eigenvalue weighted by Crippen LogP contribution is 2.32. The van der Waals surface area contributed by atoms with Crippen LogP contribution < -0.4 is 0 Å². The van der Waals surface area contributed by atoms with Crippen LogP contribution >= 0.6 is 15.9 Å². The van der Waals surface area contributed by atoms with Gasteiger partial charge in [0.15, 0.2) is 0 Å². The second-order valence-electron chi connectivity index (χ2n) is 1.72. The highest BCUT2D eigenvalue weighted by molar-refractivity contribution is 9.11. The summed E-state index contributed by atoms with van der Waals surface area (Å²) in [5, 5.41) is 0. The average Bonchev–Trinajstić information content (AvgIpc) is 1.79. The van der Waals surface area contributed by atoms with E-state index >= 15 is 0 Å². The summed E-state index contributed by atoms with van der Waals surface area (Å²) in [6.45, 7) is 6.28. The van der Waals surface area contributed by atoms with Gasteiger partial charge in [-0.2, -0.15) is 13.2 Å². The molecular weight excluding hydrogens is 221 g/mol. The first kappa shape index (κ1) is 10.5. The van der Waals surface area contributed by atoms with Crippen LogP contribution in [0.25, 0.3) is 0 Å². The van der Waals surface area contributed by atoms with Crippen LogP contribution in [0.15, 0.2) is 35.4 Å². The van der Waals surface area contributed by atoms with E-state index in [2.05, 4.69) is 29.1 Å². The molecule has 0 spiro atoms. The minimum atomic E-state index is -4.37. The Hall–Kier alpha value is -0.510. The van der Waals surface area contributed by atoms with Gasteiger partial charge in [-0.05, 0) is 6.08 Å². The molecule has 0 aromatic rings. The number of hydrogen-bond acceptors (Lipinski definition) is 0. The second kappa shape index (κ2) is 3.76. The van der Waals surface area contributed by atoms with Crippen molar-refractivity contribution in [2.45, 2.75) is 6.18 Å². The number of halogens is 4. The lowest BCUT2D eigenvalue weighted by atomic mass is 10.2. The van der Waals surface area contributed by atoms with Gasteiger partial charge in [-0.1, -0.05) is 35.2 Å². The van der Waals surface area contributed by atoms with Crippen molar-refractivity contribution in [3.05, 3.63) is 35.4 Å².